The van der Waals surface area contributed by atoms with E-state index in [0.29, 0.717) is 17.9 Å². The minimum absolute atomic E-state index is 0.306. The van der Waals surface area contributed by atoms with E-state index >= 15 is 0 Å². The Labute approximate surface area is 209 Å². The van der Waals surface area contributed by atoms with Gasteiger partial charge in [-0.15, -0.1) is 6.58 Å². The van der Waals surface area contributed by atoms with Gasteiger partial charge in [0.2, 0.25) is 0 Å². The maximum atomic E-state index is 5.64. The summed E-state index contributed by atoms with van der Waals surface area (Å²) in [6.07, 6.45) is 9.37. The van der Waals surface area contributed by atoms with Crippen LogP contribution in [0, 0.1) is 11.8 Å². The summed E-state index contributed by atoms with van der Waals surface area (Å²) in [5.41, 5.74) is 5.40. The largest absolute Gasteiger partial charge is 0.497 e. The molecule has 35 heavy (non-hydrogen) atoms. The van der Waals surface area contributed by atoms with Crippen molar-refractivity contribution in [2.75, 3.05) is 33.3 Å². The van der Waals surface area contributed by atoms with E-state index in [9.17, 15) is 0 Å². The van der Waals surface area contributed by atoms with Gasteiger partial charge in [-0.05, 0) is 98.1 Å². The number of aromatic nitrogens is 1. The maximum Gasteiger partial charge on any atom is 0.119 e. The fourth-order valence-electron chi connectivity index (χ4n) is 7.01. The van der Waals surface area contributed by atoms with Gasteiger partial charge in [-0.2, -0.15) is 0 Å². The molecule has 0 aliphatic carbocycles. The van der Waals surface area contributed by atoms with Gasteiger partial charge in [0.25, 0.3) is 0 Å². The van der Waals surface area contributed by atoms with E-state index < -0.39 is 0 Å². The van der Waals surface area contributed by atoms with E-state index in [-0.39, 0.29) is 0 Å². The zero-order valence-corrected chi connectivity index (χ0v) is 20.9. The molecule has 5 heterocycles. The van der Waals surface area contributed by atoms with Crippen molar-refractivity contribution in [3.05, 3.63) is 84.1 Å². The highest BCUT2D eigenvalue weighted by atomic mass is 16.5. The highest BCUT2D eigenvalue weighted by Gasteiger charge is 2.43. The fraction of sp³-hybridized carbons (Fsp3) is 0.452. The number of piperidine rings is 3. The van der Waals surface area contributed by atoms with Crippen molar-refractivity contribution in [1.29, 1.82) is 0 Å². The molecule has 1 unspecified atom stereocenters. The fourth-order valence-corrected chi connectivity index (χ4v) is 7.01. The molecule has 4 aliphatic rings. The number of fused-ring (bicyclic) bond motifs is 4. The first-order valence-corrected chi connectivity index (χ1v) is 13.3. The highest BCUT2D eigenvalue weighted by molar-refractivity contribution is 5.84. The number of benzene rings is 2. The van der Waals surface area contributed by atoms with Crippen molar-refractivity contribution >= 4 is 10.9 Å². The molecule has 2 bridgehead atoms. The van der Waals surface area contributed by atoms with Gasteiger partial charge in [-0.1, -0.05) is 30.3 Å². The predicted octanol–water partition coefficient (Wildman–Crippen LogP) is 5.87. The van der Waals surface area contributed by atoms with Gasteiger partial charge in [0, 0.05) is 36.6 Å². The van der Waals surface area contributed by atoms with Crippen molar-refractivity contribution in [3.63, 3.8) is 0 Å². The number of ether oxygens (including phenoxy) is 1. The molecule has 4 aliphatic heterocycles. The lowest BCUT2D eigenvalue weighted by Gasteiger charge is -2.52. The Morgan fingerprint density at radius 2 is 1.94 bits per heavy atom. The van der Waals surface area contributed by atoms with Crippen LogP contribution in [0.4, 0.5) is 0 Å². The number of hydrogen-bond acceptors (Lipinski definition) is 4. The Balaban J connectivity index is 1.49. The van der Waals surface area contributed by atoms with Gasteiger partial charge in [0.15, 0.2) is 0 Å². The van der Waals surface area contributed by atoms with E-state index in [0.717, 1.165) is 30.3 Å². The van der Waals surface area contributed by atoms with Gasteiger partial charge >= 0.3 is 0 Å². The molecule has 0 saturated carbocycles. The van der Waals surface area contributed by atoms with Crippen molar-refractivity contribution in [2.45, 2.75) is 44.2 Å². The summed E-state index contributed by atoms with van der Waals surface area (Å²) in [4.78, 5) is 10.1. The third kappa shape index (κ3) is 4.28. The van der Waals surface area contributed by atoms with E-state index in [2.05, 4.69) is 64.9 Å². The van der Waals surface area contributed by atoms with E-state index in [4.69, 9.17) is 9.72 Å². The molecule has 4 saturated heterocycles. The van der Waals surface area contributed by atoms with Gasteiger partial charge in [0.05, 0.1) is 12.6 Å². The second-order valence-electron chi connectivity index (χ2n) is 10.7. The SMILES string of the molecule is C=C[C@H]1CN2CC[C@H]1C[C@H]2[C@H](c1ccccc1CN1CCCC1)c1ccnc2ccc(OC)cc12. The van der Waals surface area contributed by atoms with Crippen LogP contribution in [0.15, 0.2) is 67.4 Å². The lowest BCUT2D eigenvalue weighted by Crippen LogP contribution is -2.55. The lowest BCUT2D eigenvalue weighted by molar-refractivity contribution is 0.0120. The van der Waals surface area contributed by atoms with Crippen LogP contribution in [0.1, 0.15) is 48.3 Å². The molecule has 1 aromatic heterocycles. The third-order valence-electron chi connectivity index (χ3n) is 8.84. The van der Waals surface area contributed by atoms with Crippen molar-refractivity contribution in [3.8, 4) is 5.75 Å². The first kappa shape index (κ1) is 22.8. The van der Waals surface area contributed by atoms with Crippen LogP contribution in [-0.2, 0) is 6.54 Å². The van der Waals surface area contributed by atoms with Crippen LogP contribution in [-0.4, -0.2) is 54.1 Å². The topological polar surface area (TPSA) is 28.6 Å². The first-order valence-electron chi connectivity index (χ1n) is 13.3. The molecule has 0 radical (unpaired) electrons. The zero-order chi connectivity index (χ0) is 23.8. The van der Waals surface area contributed by atoms with Crippen molar-refractivity contribution in [1.82, 2.24) is 14.8 Å². The number of hydrogen-bond donors (Lipinski definition) is 0. The van der Waals surface area contributed by atoms with E-state index in [1.165, 1.54) is 67.4 Å². The Hall–Kier alpha value is -2.69. The summed E-state index contributed by atoms with van der Waals surface area (Å²) in [7, 11) is 1.75. The first-order chi connectivity index (χ1) is 17.2. The number of pyridine rings is 1. The molecular weight excluding hydrogens is 430 g/mol. The zero-order valence-electron chi connectivity index (χ0n) is 20.9. The Kier molecular flexibility index (Phi) is 6.34. The average molecular weight is 468 g/mol. The maximum absolute atomic E-state index is 5.64. The molecule has 4 nitrogen and oxygen atoms in total. The summed E-state index contributed by atoms with van der Waals surface area (Å²) in [6, 6.07) is 18.3. The number of likely N-dealkylation sites (tertiary alicyclic amines) is 1. The third-order valence-corrected chi connectivity index (χ3v) is 8.84. The molecule has 3 aromatic rings. The van der Waals surface area contributed by atoms with Crippen LogP contribution in [0.25, 0.3) is 10.9 Å². The van der Waals surface area contributed by atoms with Gasteiger partial charge in [-0.25, -0.2) is 0 Å². The molecule has 4 fully saturated rings. The van der Waals surface area contributed by atoms with E-state index in [1.54, 1.807) is 7.11 Å². The molecule has 5 atom stereocenters. The molecule has 2 aromatic carbocycles. The average Bonchev–Trinajstić information content (AvgIpc) is 3.43. The van der Waals surface area contributed by atoms with Gasteiger partial charge in [0.1, 0.15) is 5.75 Å². The molecule has 0 spiro atoms. The second kappa shape index (κ2) is 9.75. The summed E-state index contributed by atoms with van der Waals surface area (Å²) in [5.74, 6) is 2.56. The quantitative estimate of drug-likeness (QED) is 0.407. The Morgan fingerprint density at radius 1 is 1.09 bits per heavy atom. The van der Waals surface area contributed by atoms with Gasteiger partial charge in [-0.3, -0.25) is 14.8 Å². The highest BCUT2D eigenvalue weighted by Crippen LogP contribution is 2.46. The minimum Gasteiger partial charge on any atom is -0.497 e. The van der Waals surface area contributed by atoms with Crippen LogP contribution >= 0.6 is 0 Å². The molecular formula is C31H37N3O. The lowest BCUT2D eigenvalue weighted by atomic mass is 9.69. The Morgan fingerprint density at radius 3 is 2.71 bits per heavy atom. The standard InChI is InChI=1S/C31H37N3O/c1-3-22-21-34-17-13-23(22)18-30(34)31(26-9-5-4-8-24(26)20-33-15-6-7-16-33)27-12-14-32-29-11-10-25(35-2)19-28(27)29/h3-5,8-12,14,19,22-23,30-31H,1,6-7,13,15-18,20-21H2,2H3/t22-,23-,30-,31+/m0/s1. The van der Waals surface area contributed by atoms with Crippen LogP contribution < -0.4 is 4.74 Å². The number of nitrogens with zero attached hydrogens (tertiary/aromatic N) is 3. The molecule has 182 valence electrons. The van der Waals surface area contributed by atoms with Crippen LogP contribution in [0.3, 0.4) is 0 Å². The smallest absolute Gasteiger partial charge is 0.119 e. The van der Waals surface area contributed by atoms with Crippen molar-refractivity contribution in [2.24, 2.45) is 11.8 Å². The van der Waals surface area contributed by atoms with Gasteiger partial charge < -0.3 is 4.74 Å². The monoisotopic (exact) mass is 467 g/mol. The normalized spacial score (nSPS) is 27.2. The van der Waals surface area contributed by atoms with Crippen LogP contribution in [0.2, 0.25) is 0 Å². The Bertz CT molecular complexity index is 1200. The molecule has 0 amide bonds. The summed E-state index contributed by atoms with van der Waals surface area (Å²) >= 11 is 0. The number of rotatable bonds is 7. The predicted molar refractivity (Wildman–Crippen MR) is 143 cm³/mol. The number of methoxy groups -OCH3 is 1. The van der Waals surface area contributed by atoms with Crippen LogP contribution in [0.5, 0.6) is 5.75 Å². The second-order valence-corrected chi connectivity index (χ2v) is 10.7. The van der Waals surface area contributed by atoms with E-state index in [1.807, 2.05) is 12.3 Å². The summed E-state index contributed by atoms with van der Waals surface area (Å²) in [5, 5.41) is 1.22. The minimum atomic E-state index is 0.306. The molecule has 7 rings (SSSR count). The molecule has 0 N–H and O–H groups in total. The molecule has 4 heteroatoms. The summed E-state index contributed by atoms with van der Waals surface area (Å²) < 4.78 is 5.64. The summed E-state index contributed by atoms with van der Waals surface area (Å²) in [6.45, 7) is 9.97. The van der Waals surface area contributed by atoms with Crippen molar-refractivity contribution < 1.29 is 4.74 Å².